The molecule has 0 fully saturated rings. The van der Waals surface area contributed by atoms with E-state index >= 15 is 0 Å². The first-order chi connectivity index (χ1) is 17.0. The minimum Gasteiger partial charge on any atom is -0.465 e. The number of nitrogens with one attached hydrogen (secondary N) is 1. The van der Waals surface area contributed by atoms with Gasteiger partial charge in [-0.15, -0.1) is 0 Å². The maximum absolute atomic E-state index is 12.3. The number of unbranched alkanes of at least 4 members (excludes halogenated alkanes) is 3. The first-order valence-corrected chi connectivity index (χ1v) is 13.6. The molecular formula is C24H37N2O8PS. The van der Waals surface area contributed by atoms with E-state index in [4.69, 9.17) is 19.3 Å². The molecule has 0 saturated carbocycles. The summed E-state index contributed by atoms with van der Waals surface area (Å²) in [6.07, 6.45) is 3.39. The highest BCUT2D eigenvalue weighted by Gasteiger charge is 2.30. The fourth-order valence-corrected chi connectivity index (χ4v) is 4.54. The quantitative estimate of drug-likeness (QED) is 0.127. The zero-order valence-corrected chi connectivity index (χ0v) is 23.3. The standard InChI is InChI=1S/C24H37N2O8PS/c1-17(27)36-15-21(28)24(2,3)16-34-35(32-5)33-13-9-7-6-8-12-26-22(29)18-10-11-19(20(25)14-18)23(30)31-4/h10-11,14H,6-9,12-13,15-16,25H2,1-5H3,(H,26,29). The van der Waals surface area contributed by atoms with Crippen LogP contribution in [0.1, 0.15) is 67.2 Å². The van der Waals surface area contributed by atoms with E-state index < -0.39 is 20.0 Å². The van der Waals surface area contributed by atoms with Gasteiger partial charge in [0, 0.05) is 37.2 Å². The van der Waals surface area contributed by atoms with Gasteiger partial charge in [0.05, 0.1) is 31.6 Å². The number of methoxy groups -OCH3 is 1. The molecule has 202 valence electrons. The van der Waals surface area contributed by atoms with Gasteiger partial charge in [-0.25, -0.2) is 4.79 Å². The number of carbonyl (C=O) groups is 4. The van der Waals surface area contributed by atoms with Crippen molar-refractivity contribution in [3.63, 3.8) is 0 Å². The molecule has 12 heteroatoms. The fraction of sp³-hybridized carbons (Fsp3) is 0.583. The zero-order valence-electron chi connectivity index (χ0n) is 21.6. The normalized spacial score (nSPS) is 12.1. The van der Waals surface area contributed by atoms with Crippen molar-refractivity contribution in [2.75, 3.05) is 45.5 Å². The van der Waals surface area contributed by atoms with Crippen LogP contribution in [0.25, 0.3) is 0 Å². The summed E-state index contributed by atoms with van der Waals surface area (Å²) in [5.74, 6) is -0.756. The number of hydrogen-bond donors (Lipinski definition) is 2. The van der Waals surface area contributed by atoms with Crippen molar-refractivity contribution in [3.8, 4) is 0 Å². The number of hydrogen-bond acceptors (Lipinski definition) is 10. The Bertz CT molecular complexity index is 897. The number of esters is 1. The summed E-state index contributed by atoms with van der Waals surface area (Å²) in [5.41, 5.74) is 5.88. The zero-order chi connectivity index (χ0) is 27.1. The Labute approximate surface area is 218 Å². The molecule has 1 rings (SSSR count). The second-order valence-electron chi connectivity index (χ2n) is 8.56. The van der Waals surface area contributed by atoms with E-state index in [2.05, 4.69) is 10.1 Å². The Balaban J connectivity index is 2.22. The number of ether oxygens (including phenoxy) is 1. The van der Waals surface area contributed by atoms with Crippen molar-refractivity contribution in [2.45, 2.75) is 46.5 Å². The van der Waals surface area contributed by atoms with E-state index in [0.29, 0.717) is 18.7 Å². The molecule has 1 amide bonds. The molecule has 36 heavy (non-hydrogen) atoms. The highest BCUT2D eigenvalue weighted by Crippen LogP contribution is 2.40. The van der Waals surface area contributed by atoms with E-state index in [-0.39, 0.29) is 40.4 Å². The van der Waals surface area contributed by atoms with E-state index in [1.165, 1.54) is 39.3 Å². The Morgan fingerprint density at radius 3 is 2.36 bits per heavy atom. The summed E-state index contributed by atoms with van der Waals surface area (Å²) in [6, 6.07) is 4.46. The van der Waals surface area contributed by atoms with Crippen molar-refractivity contribution in [1.29, 1.82) is 0 Å². The first kappa shape index (κ1) is 32.0. The first-order valence-electron chi connectivity index (χ1n) is 11.5. The van der Waals surface area contributed by atoms with Gasteiger partial charge in [0.15, 0.2) is 10.9 Å². The number of nitrogens with two attached hydrogens (primary N) is 1. The number of Topliss-reactive ketones (excluding diaryl/α,β-unsaturated/α-hetero) is 1. The molecule has 0 aliphatic carbocycles. The summed E-state index contributed by atoms with van der Waals surface area (Å²) in [5, 5.41) is 2.74. The Hall–Kier alpha value is -2.04. The number of carbonyl (C=O) groups excluding carboxylic acids is 4. The highest BCUT2D eigenvalue weighted by atomic mass is 32.2. The summed E-state index contributed by atoms with van der Waals surface area (Å²) in [7, 11) is 1.20. The van der Waals surface area contributed by atoms with Crippen LogP contribution in [0.2, 0.25) is 0 Å². The molecule has 1 unspecified atom stereocenters. The van der Waals surface area contributed by atoms with Crippen LogP contribution >= 0.6 is 20.4 Å². The molecule has 0 radical (unpaired) electrons. The molecule has 0 aromatic heterocycles. The third kappa shape index (κ3) is 11.8. The van der Waals surface area contributed by atoms with Crippen molar-refractivity contribution >= 4 is 48.8 Å². The van der Waals surface area contributed by atoms with Gasteiger partial charge in [-0.05, 0) is 31.0 Å². The summed E-state index contributed by atoms with van der Waals surface area (Å²) in [6.45, 7) is 6.07. The minimum absolute atomic E-state index is 0.0671. The molecule has 0 aliphatic heterocycles. The molecule has 3 N–H and O–H groups in total. The number of rotatable bonds is 17. The molecule has 1 atom stereocenters. The lowest BCUT2D eigenvalue weighted by Gasteiger charge is -2.24. The van der Waals surface area contributed by atoms with Gasteiger partial charge in [-0.1, -0.05) is 38.5 Å². The van der Waals surface area contributed by atoms with Crippen LogP contribution in [0.15, 0.2) is 18.2 Å². The van der Waals surface area contributed by atoms with E-state index in [1.807, 2.05) is 0 Å². The molecule has 0 spiro atoms. The number of thioether (sulfide) groups is 1. The topological polar surface area (TPSA) is 143 Å². The van der Waals surface area contributed by atoms with E-state index in [1.54, 1.807) is 13.8 Å². The van der Waals surface area contributed by atoms with Gasteiger partial charge in [-0.3, -0.25) is 14.4 Å². The lowest BCUT2D eigenvalue weighted by atomic mass is 9.90. The molecule has 10 nitrogen and oxygen atoms in total. The maximum atomic E-state index is 12.3. The van der Waals surface area contributed by atoms with Crippen molar-refractivity contribution in [2.24, 2.45) is 5.41 Å². The molecule has 0 heterocycles. The number of amides is 1. The largest absolute Gasteiger partial charge is 0.465 e. The number of benzene rings is 1. The maximum Gasteiger partial charge on any atom is 0.339 e. The summed E-state index contributed by atoms with van der Waals surface area (Å²) in [4.78, 5) is 47.2. The second kappa shape index (κ2) is 16.7. The fourth-order valence-electron chi connectivity index (χ4n) is 2.82. The summed E-state index contributed by atoms with van der Waals surface area (Å²) < 4.78 is 21.2. The molecule has 1 aromatic rings. The average molecular weight is 545 g/mol. The van der Waals surface area contributed by atoms with Crippen LogP contribution < -0.4 is 11.1 Å². The molecule has 1 aromatic carbocycles. The van der Waals surface area contributed by atoms with Gasteiger partial charge in [0.25, 0.3) is 5.91 Å². The predicted molar refractivity (Wildman–Crippen MR) is 141 cm³/mol. The lowest BCUT2D eigenvalue weighted by molar-refractivity contribution is -0.126. The average Bonchev–Trinajstić information content (AvgIpc) is 2.84. The molecule has 0 bridgehead atoms. The predicted octanol–water partition coefficient (Wildman–Crippen LogP) is 4.13. The number of ketones is 1. The van der Waals surface area contributed by atoms with Crippen molar-refractivity contribution < 1.29 is 37.5 Å². The Kier molecular flexibility index (Phi) is 14.8. The smallest absolute Gasteiger partial charge is 0.339 e. The van der Waals surface area contributed by atoms with Crippen LogP contribution in [0.5, 0.6) is 0 Å². The summed E-state index contributed by atoms with van der Waals surface area (Å²) >= 11 is 0.989. The SMILES string of the molecule is COC(=O)c1ccc(C(=O)NCCCCCCOP(OC)OCC(C)(C)C(=O)CSC(C)=O)cc1N. The van der Waals surface area contributed by atoms with Crippen molar-refractivity contribution in [1.82, 2.24) is 5.32 Å². The monoisotopic (exact) mass is 544 g/mol. The van der Waals surface area contributed by atoms with E-state index in [9.17, 15) is 19.2 Å². The van der Waals surface area contributed by atoms with Gasteiger partial charge in [0.2, 0.25) is 0 Å². The van der Waals surface area contributed by atoms with E-state index in [0.717, 1.165) is 37.4 Å². The van der Waals surface area contributed by atoms with Crippen LogP contribution in [0, 0.1) is 5.41 Å². The van der Waals surface area contributed by atoms with Crippen LogP contribution in [-0.2, 0) is 27.9 Å². The van der Waals surface area contributed by atoms with Gasteiger partial charge >= 0.3 is 14.6 Å². The Morgan fingerprint density at radius 1 is 1.06 bits per heavy atom. The van der Waals surface area contributed by atoms with Gasteiger partial charge in [0.1, 0.15) is 0 Å². The third-order valence-corrected chi connectivity index (χ3v) is 6.96. The van der Waals surface area contributed by atoms with Gasteiger partial charge in [-0.2, -0.15) is 0 Å². The third-order valence-electron chi connectivity index (χ3n) is 5.11. The second-order valence-corrected chi connectivity index (χ2v) is 11.0. The van der Waals surface area contributed by atoms with Crippen LogP contribution in [-0.4, -0.2) is 62.5 Å². The molecule has 0 saturated heterocycles. The molecular weight excluding hydrogens is 507 g/mol. The van der Waals surface area contributed by atoms with Crippen molar-refractivity contribution in [3.05, 3.63) is 29.3 Å². The van der Waals surface area contributed by atoms with Crippen LogP contribution in [0.4, 0.5) is 5.69 Å². The number of anilines is 1. The highest BCUT2D eigenvalue weighted by molar-refractivity contribution is 8.14. The number of nitrogen functional groups attached to an aromatic ring is 1. The van der Waals surface area contributed by atoms with Gasteiger partial charge < -0.3 is 29.4 Å². The molecule has 0 aliphatic rings. The minimum atomic E-state index is -1.56. The lowest BCUT2D eigenvalue weighted by Crippen LogP contribution is -2.31. The Morgan fingerprint density at radius 2 is 1.75 bits per heavy atom. The van der Waals surface area contributed by atoms with Crippen LogP contribution in [0.3, 0.4) is 0 Å².